The van der Waals surface area contributed by atoms with E-state index in [1.165, 1.54) is 6.07 Å². The molecule has 2 aromatic rings. The first kappa shape index (κ1) is 19.8. The monoisotopic (exact) mass is 396 g/mol. The molecule has 4 nitrogen and oxygen atoms in total. The van der Waals surface area contributed by atoms with Crippen LogP contribution in [0.1, 0.15) is 55.9 Å². The molecule has 1 N–H and O–H groups in total. The summed E-state index contributed by atoms with van der Waals surface area (Å²) < 4.78 is 28.7. The van der Waals surface area contributed by atoms with Gasteiger partial charge in [-0.3, -0.25) is 9.59 Å². The summed E-state index contributed by atoms with van der Waals surface area (Å²) in [5.41, 5.74) is 0.0184. The molecule has 0 aliphatic heterocycles. The number of pyridine rings is 1. The zero-order valence-corrected chi connectivity index (χ0v) is 16.2. The molecule has 1 fully saturated rings. The van der Waals surface area contributed by atoms with Gasteiger partial charge in [0.2, 0.25) is 5.92 Å². The second kappa shape index (κ2) is 7.58. The molecule has 0 saturated heterocycles. The van der Waals surface area contributed by atoms with Crippen molar-refractivity contribution in [3.63, 3.8) is 0 Å². The van der Waals surface area contributed by atoms with Crippen LogP contribution in [0.4, 0.5) is 8.78 Å². The number of benzene rings is 1. The Labute approximate surface area is 161 Å². The Hall–Kier alpha value is -1.95. The molecule has 1 aliphatic rings. The van der Waals surface area contributed by atoms with Crippen molar-refractivity contribution in [3.05, 3.63) is 45.3 Å². The molecule has 1 heterocycles. The summed E-state index contributed by atoms with van der Waals surface area (Å²) in [5.74, 6) is -3.36. The maximum atomic E-state index is 13.6. The lowest BCUT2D eigenvalue weighted by atomic mass is 9.86. The van der Waals surface area contributed by atoms with Gasteiger partial charge >= 0.3 is 0 Å². The van der Waals surface area contributed by atoms with Crippen LogP contribution in [0.2, 0.25) is 5.02 Å². The Morgan fingerprint density at radius 3 is 2.74 bits per heavy atom. The number of aromatic nitrogens is 1. The number of fused-ring (bicyclic) bond motifs is 1. The van der Waals surface area contributed by atoms with Crippen LogP contribution in [0.5, 0.6) is 0 Å². The number of rotatable bonds is 4. The highest BCUT2D eigenvalue weighted by atomic mass is 35.5. The van der Waals surface area contributed by atoms with Crippen molar-refractivity contribution >= 4 is 28.3 Å². The van der Waals surface area contributed by atoms with Crippen molar-refractivity contribution in [2.45, 2.75) is 51.5 Å². The zero-order valence-electron chi connectivity index (χ0n) is 15.4. The van der Waals surface area contributed by atoms with Gasteiger partial charge in [0.15, 0.2) is 0 Å². The number of carbonyl (C=O) groups is 1. The minimum Gasteiger partial charge on any atom is -0.352 e. The van der Waals surface area contributed by atoms with Crippen molar-refractivity contribution in [3.8, 4) is 0 Å². The van der Waals surface area contributed by atoms with Gasteiger partial charge in [-0.25, -0.2) is 8.78 Å². The number of alkyl halides is 2. The zero-order chi connectivity index (χ0) is 19.8. The van der Waals surface area contributed by atoms with Gasteiger partial charge in [-0.05, 0) is 50.8 Å². The van der Waals surface area contributed by atoms with E-state index in [0.717, 1.165) is 0 Å². The molecule has 1 aromatic carbocycles. The molecule has 1 aliphatic carbocycles. The molecule has 7 heteroatoms. The minimum atomic E-state index is -2.66. The summed E-state index contributed by atoms with van der Waals surface area (Å²) in [7, 11) is 0. The largest absolute Gasteiger partial charge is 0.352 e. The van der Waals surface area contributed by atoms with Crippen LogP contribution in [0.25, 0.3) is 10.8 Å². The van der Waals surface area contributed by atoms with Gasteiger partial charge < -0.3 is 9.88 Å². The SMILES string of the molecule is CC(C)n1ccc2c(C(=O)NCC3CCCC(F)(F)C3)c(Cl)ccc2c1=O. The Bertz CT molecular complexity index is 924. The van der Waals surface area contributed by atoms with E-state index in [2.05, 4.69) is 5.32 Å². The molecule has 27 heavy (non-hydrogen) atoms. The molecule has 1 amide bonds. The van der Waals surface area contributed by atoms with Crippen molar-refractivity contribution in [1.29, 1.82) is 0 Å². The van der Waals surface area contributed by atoms with Crippen LogP contribution in [0, 0.1) is 5.92 Å². The van der Waals surface area contributed by atoms with E-state index in [0.29, 0.717) is 23.6 Å². The Morgan fingerprint density at radius 2 is 2.07 bits per heavy atom. The third-order valence-electron chi connectivity index (χ3n) is 5.14. The fraction of sp³-hybridized carbons (Fsp3) is 0.500. The number of halogens is 3. The van der Waals surface area contributed by atoms with Crippen molar-refractivity contribution in [1.82, 2.24) is 9.88 Å². The van der Waals surface area contributed by atoms with Crippen molar-refractivity contribution < 1.29 is 13.6 Å². The summed E-state index contributed by atoms with van der Waals surface area (Å²) in [6, 6.07) is 4.83. The number of amides is 1. The first-order chi connectivity index (χ1) is 12.7. The van der Waals surface area contributed by atoms with Gasteiger partial charge in [0.05, 0.1) is 10.6 Å². The summed E-state index contributed by atoms with van der Waals surface area (Å²) in [6.07, 6.45) is 2.46. The predicted molar refractivity (Wildman–Crippen MR) is 103 cm³/mol. The van der Waals surface area contributed by atoms with Gasteiger partial charge in [-0.1, -0.05) is 11.6 Å². The van der Waals surface area contributed by atoms with Crippen LogP contribution >= 0.6 is 11.6 Å². The van der Waals surface area contributed by atoms with E-state index >= 15 is 0 Å². The van der Waals surface area contributed by atoms with E-state index in [9.17, 15) is 18.4 Å². The van der Waals surface area contributed by atoms with E-state index < -0.39 is 11.8 Å². The van der Waals surface area contributed by atoms with E-state index in [1.807, 2.05) is 13.8 Å². The Balaban J connectivity index is 1.87. The Morgan fingerprint density at radius 1 is 1.33 bits per heavy atom. The maximum Gasteiger partial charge on any atom is 0.258 e. The fourth-order valence-corrected chi connectivity index (χ4v) is 3.98. The van der Waals surface area contributed by atoms with Crippen LogP contribution in [0.3, 0.4) is 0 Å². The highest BCUT2D eigenvalue weighted by molar-refractivity contribution is 6.35. The molecule has 1 aromatic heterocycles. The average molecular weight is 397 g/mol. The van der Waals surface area contributed by atoms with Gasteiger partial charge in [-0.2, -0.15) is 0 Å². The van der Waals surface area contributed by atoms with E-state index in [1.54, 1.807) is 22.9 Å². The fourth-order valence-electron chi connectivity index (χ4n) is 3.73. The van der Waals surface area contributed by atoms with Crippen molar-refractivity contribution in [2.75, 3.05) is 6.54 Å². The molecule has 1 unspecified atom stereocenters. The topological polar surface area (TPSA) is 51.1 Å². The Kier molecular flexibility index (Phi) is 5.56. The molecule has 3 rings (SSSR count). The highest BCUT2D eigenvalue weighted by Gasteiger charge is 2.36. The third-order valence-corrected chi connectivity index (χ3v) is 5.45. The molecular formula is C20H23ClF2N2O2. The predicted octanol–water partition coefficient (Wildman–Crippen LogP) is 4.79. The van der Waals surface area contributed by atoms with Crippen molar-refractivity contribution in [2.24, 2.45) is 5.92 Å². The van der Waals surface area contributed by atoms with Gasteiger partial charge in [0.25, 0.3) is 11.5 Å². The lowest BCUT2D eigenvalue weighted by Crippen LogP contribution is -2.35. The molecule has 0 bridgehead atoms. The lowest BCUT2D eigenvalue weighted by molar-refractivity contribution is -0.0518. The van der Waals surface area contributed by atoms with Gasteiger partial charge in [0, 0.05) is 42.4 Å². The van der Waals surface area contributed by atoms with Crippen LogP contribution < -0.4 is 10.9 Å². The van der Waals surface area contributed by atoms with E-state index in [4.69, 9.17) is 11.6 Å². The second-order valence-corrected chi connectivity index (χ2v) is 7.94. The first-order valence-electron chi connectivity index (χ1n) is 9.19. The standard InChI is InChI=1S/C20H23ClF2N2O2/c1-12(2)25-9-7-14-15(19(25)27)5-6-16(21)17(14)18(26)24-11-13-4-3-8-20(22,23)10-13/h5-7,9,12-13H,3-4,8,10-11H2,1-2H3,(H,24,26). The summed E-state index contributed by atoms with van der Waals surface area (Å²) >= 11 is 6.23. The maximum absolute atomic E-state index is 13.6. The molecule has 0 spiro atoms. The van der Waals surface area contributed by atoms with Gasteiger partial charge in [-0.15, -0.1) is 0 Å². The summed E-state index contributed by atoms with van der Waals surface area (Å²) in [5, 5.41) is 3.84. The summed E-state index contributed by atoms with van der Waals surface area (Å²) in [4.78, 5) is 25.4. The van der Waals surface area contributed by atoms with E-state index in [-0.39, 0.29) is 47.5 Å². The molecule has 1 saturated carbocycles. The lowest BCUT2D eigenvalue weighted by Gasteiger charge is -2.29. The molecule has 146 valence electrons. The van der Waals surface area contributed by atoms with Crippen LogP contribution in [-0.2, 0) is 0 Å². The minimum absolute atomic E-state index is 0.0113. The molecule has 1 atom stereocenters. The van der Waals surface area contributed by atoms with Crippen LogP contribution in [-0.4, -0.2) is 22.9 Å². The quantitative estimate of drug-likeness (QED) is 0.807. The average Bonchev–Trinajstić information content (AvgIpc) is 2.58. The summed E-state index contributed by atoms with van der Waals surface area (Å²) in [6.45, 7) is 3.97. The number of nitrogens with zero attached hydrogens (tertiary/aromatic N) is 1. The first-order valence-corrected chi connectivity index (χ1v) is 9.57. The highest BCUT2D eigenvalue weighted by Crippen LogP contribution is 2.36. The number of carbonyl (C=O) groups excluding carboxylic acids is 1. The smallest absolute Gasteiger partial charge is 0.258 e. The van der Waals surface area contributed by atoms with Crippen LogP contribution in [0.15, 0.2) is 29.2 Å². The number of hydrogen-bond donors (Lipinski definition) is 1. The third kappa shape index (κ3) is 4.15. The second-order valence-electron chi connectivity index (χ2n) is 7.53. The normalized spacial score (nSPS) is 19.4. The van der Waals surface area contributed by atoms with Gasteiger partial charge in [0.1, 0.15) is 0 Å². The number of hydrogen-bond acceptors (Lipinski definition) is 2. The number of nitrogens with one attached hydrogen (secondary N) is 1. The molecule has 0 radical (unpaired) electrons. The molecular weight excluding hydrogens is 374 g/mol.